The maximum Gasteiger partial charge on any atom is 0.226 e. The lowest BCUT2D eigenvalue weighted by Gasteiger charge is -2.25. The van der Waals surface area contributed by atoms with Crippen LogP contribution in [0.5, 0.6) is 0 Å². The molecule has 2 aromatic rings. The predicted octanol–water partition coefficient (Wildman–Crippen LogP) is 2.97. The summed E-state index contributed by atoms with van der Waals surface area (Å²) >= 11 is 0. The standard InChI is InChI=1S/C20H21FN2O2/c1-13-7-9-14(10-8-13)19-16(11-18(24)23(19)2)20(25)22-12-15-5-3-4-6-17(15)21/h3-10,16,19H,11-12H2,1-2H3,(H,22,25)/t16-,19+/m1/s1. The molecule has 2 aromatic carbocycles. The van der Waals surface area contributed by atoms with E-state index in [0.717, 1.165) is 11.1 Å². The summed E-state index contributed by atoms with van der Waals surface area (Å²) < 4.78 is 13.7. The number of amides is 2. The zero-order valence-electron chi connectivity index (χ0n) is 14.3. The highest BCUT2D eigenvalue weighted by molar-refractivity contribution is 5.90. The van der Waals surface area contributed by atoms with Gasteiger partial charge in [0.2, 0.25) is 11.8 Å². The van der Waals surface area contributed by atoms with Crippen LogP contribution in [0, 0.1) is 18.7 Å². The maximum atomic E-state index is 13.7. The summed E-state index contributed by atoms with van der Waals surface area (Å²) in [6, 6.07) is 13.9. The molecule has 1 heterocycles. The van der Waals surface area contributed by atoms with Crippen molar-refractivity contribution in [3.63, 3.8) is 0 Å². The Labute approximate surface area is 146 Å². The van der Waals surface area contributed by atoms with Crippen molar-refractivity contribution in [1.29, 1.82) is 0 Å². The Bertz CT molecular complexity index is 789. The molecule has 25 heavy (non-hydrogen) atoms. The van der Waals surface area contributed by atoms with E-state index < -0.39 is 5.92 Å². The van der Waals surface area contributed by atoms with Crippen molar-refractivity contribution in [2.45, 2.75) is 25.9 Å². The first-order valence-electron chi connectivity index (χ1n) is 8.30. The second-order valence-corrected chi connectivity index (χ2v) is 6.48. The summed E-state index contributed by atoms with van der Waals surface area (Å²) in [4.78, 5) is 26.4. The number of nitrogens with zero attached hydrogens (tertiary/aromatic N) is 1. The van der Waals surface area contributed by atoms with Gasteiger partial charge in [-0.25, -0.2) is 4.39 Å². The smallest absolute Gasteiger partial charge is 0.226 e. The van der Waals surface area contributed by atoms with Gasteiger partial charge in [-0.05, 0) is 18.6 Å². The van der Waals surface area contributed by atoms with Gasteiger partial charge >= 0.3 is 0 Å². The van der Waals surface area contributed by atoms with Crippen LogP contribution in [0.4, 0.5) is 4.39 Å². The van der Waals surface area contributed by atoms with Gasteiger partial charge in [0.25, 0.3) is 0 Å². The summed E-state index contributed by atoms with van der Waals surface area (Å²) in [5.41, 5.74) is 2.49. The normalized spacial score (nSPS) is 20.0. The summed E-state index contributed by atoms with van der Waals surface area (Å²) in [6.07, 6.45) is 0.165. The fourth-order valence-corrected chi connectivity index (χ4v) is 3.28. The molecule has 5 heteroatoms. The van der Waals surface area contributed by atoms with Crippen molar-refractivity contribution in [1.82, 2.24) is 10.2 Å². The molecule has 3 rings (SSSR count). The van der Waals surface area contributed by atoms with E-state index in [0.29, 0.717) is 5.56 Å². The fraction of sp³-hybridized carbons (Fsp3) is 0.300. The van der Waals surface area contributed by atoms with E-state index in [2.05, 4.69) is 5.32 Å². The largest absolute Gasteiger partial charge is 0.352 e. The van der Waals surface area contributed by atoms with Crippen LogP contribution in [0.3, 0.4) is 0 Å². The number of aryl methyl sites for hydroxylation is 1. The van der Waals surface area contributed by atoms with Gasteiger partial charge in [-0.15, -0.1) is 0 Å². The third kappa shape index (κ3) is 3.55. The minimum Gasteiger partial charge on any atom is -0.352 e. The molecule has 1 fully saturated rings. The number of nitrogens with one attached hydrogen (secondary N) is 1. The van der Waals surface area contributed by atoms with Gasteiger partial charge in [-0.3, -0.25) is 9.59 Å². The monoisotopic (exact) mass is 340 g/mol. The Morgan fingerprint density at radius 3 is 2.56 bits per heavy atom. The molecule has 4 nitrogen and oxygen atoms in total. The van der Waals surface area contributed by atoms with Gasteiger partial charge < -0.3 is 10.2 Å². The minimum absolute atomic E-state index is 0.0587. The van der Waals surface area contributed by atoms with Crippen LogP contribution in [-0.4, -0.2) is 23.8 Å². The van der Waals surface area contributed by atoms with Crippen LogP contribution in [0.15, 0.2) is 48.5 Å². The highest BCUT2D eigenvalue weighted by Crippen LogP contribution is 2.37. The molecule has 2 atom stereocenters. The van der Waals surface area contributed by atoms with E-state index in [-0.39, 0.29) is 36.6 Å². The Hall–Kier alpha value is -2.69. The van der Waals surface area contributed by atoms with Crippen LogP contribution < -0.4 is 5.32 Å². The predicted molar refractivity (Wildman–Crippen MR) is 93.0 cm³/mol. The Kier molecular flexibility index (Phi) is 4.83. The summed E-state index contributed by atoms with van der Waals surface area (Å²) in [6.45, 7) is 2.10. The van der Waals surface area contributed by atoms with Crippen molar-refractivity contribution < 1.29 is 14.0 Å². The first-order chi connectivity index (χ1) is 12.0. The lowest BCUT2D eigenvalue weighted by Crippen LogP contribution is -2.34. The molecule has 0 radical (unpaired) electrons. The Morgan fingerprint density at radius 2 is 1.88 bits per heavy atom. The molecule has 2 amide bonds. The first kappa shape index (κ1) is 17.1. The van der Waals surface area contributed by atoms with Gasteiger partial charge in [0, 0.05) is 25.6 Å². The van der Waals surface area contributed by atoms with Gasteiger partial charge in [0.05, 0.1) is 12.0 Å². The van der Waals surface area contributed by atoms with E-state index in [1.54, 1.807) is 30.1 Å². The molecule has 0 aromatic heterocycles. The topological polar surface area (TPSA) is 49.4 Å². The third-order valence-corrected chi connectivity index (χ3v) is 4.75. The second-order valence-electron chi connectivity index (χ2n) is 6.48. The van der Waals surface area contributed by atoms with E-state index in [1.165, 1.54) is 6.07 Å². The van der Waals surface area contributed by atoms with E-state index in [9.17, 15) is 14.0 Å². The molecule has 1 aliphatic rings. The molecule has 0 aliphatic carbocycles. The Morgan fingerprint density at radius 1 is 1.20 bits per heavy atom. The number of hydrogen-bond donors (Lipinski definition) is 1. The molecular weight excluding hydrogens is 319 g/mol. The molecule has 1 aliphatic heterocycles. The van der Waals surface area contributed by atoms with Crippen LogP contribution in [0.2, 0.25) is 0 Å². The highest BCUT2D eigenvalue weighted by Gasteiger charge is 2.42. The van der Waals surface area contributed by atoms with Crippen LogP contribution >= 0.6 is 0 Å². The number of carbonyl (C=O) groups is 2. The molecule has 1 N–H and O–H groups in total. The van der Waals surface area contributed by atoms with Crippen LogP contribution in [-0.2, 0) is 16.1 Å². The third-order valence-electron chi connectivity index (χ3n) is 4.75. The molecule has 0 saturated carbocycles. The zero-order valence-corrected chi connectivity index (χ0v) is 14.3. The number of hydrogen-bond acceptors (Lipinski definition) is 2. The molecule has 0 unspecified atom stereocenters. The van der Waals surface area contributed by atoms with E-state index in [4.69, 9.17) is 0 Å². The van der Waals surface area contributed by atoms with Gasteiger partial charge in [0.1, 0.15) is 5.82 Å². The number of likely N-dealkylation sites (tertiary alicyclic amines) is 1. The second kappa shape index (κ2) is 7.05. The van der Waals surface area contributed by atoms with E-state index >= 15 is 0 Å². The van der Waals surface area contributed by atoms with Crippen molar-refractivity contribution in [2.24, 2.45) is 5.92 Å². The van der Waals surface area contributed by atoms with E-state index in [1.807, 2.05) is 31.2 Å². The SMILES string of the molecule is Cc1ccc([C@H]2[C@H](C(=O)NCc3ccccc3F)CC(=O)N2C)cc1. The summed E-state index contributed by atoms with van der Waals surface area (Å²) in [5, 5.41) is 2.78. The minimum atomic E-state index is -0.480. The Balaban J connectivity index is 1.76. The van der Waals surface area contributed by atoms with Gasteiger partial charge in [-0.1, -0.05) is 48.0 Å². The van der Waals surface area contributed by atoms with Crippen molar-refractivity contribution >= 4 is 11.8 Å². The molecule has 1 saturated heterocycles. The average Bonchev–Trinajstić information content (AvgIpc) is 2.90. The number of carbonyl (C=O) groups excluding carboxylic acids is 2. The number of rotatable bonds is 4. The zero-order chi connectivity index (χ0) is 18.0. The molecule has 0 spiro atoms. The quantitative estimate of drug-likeness (QED) is 0.930. The first-order valence-corrected chi connectivity index (χ1v) is 8.30. The number of benzene rings is 2. The summed E-state index contributed by atoms with van der Waals surface area (Å²) in [7, 11) is 1.72. The fourth-order valence-electron chi connectivity index (χ4n) is 3.28. The molecular formula is C20H21FN2O2. The van der Waals surface area contributed by atoms with Crippen molar-refractivity contribution in [3.8, 4) is 0 Å². The molecule has 0 bridgehead atoms. The molecule has 130 valence electrons. The van der Waals surface area contributed by atoms with Crippen molar-refractivity contribution in [2.75, 3.05) is 7.05 Å². The van der Waals surface area contributed by atoms with Gasteiger partial charge in [0.15, 0.2) is 0 Å². The van der Waals surface area contributed by atoms with Crippen LogP contribution in [0.25, 0.3) is 0 Å². The maximum absolute atomic E-state index is 13.7. The highest BCUT2D eigenvalue weighted by atomic mass is 19.1. The number of halogens is 1. The lowest BCUT2D eigenvalue weighted by molar-refractivity contribution is -0.128. The average molecular weight is 340 g/mol. The van der Waals surface area contributed by atoms with Gasteiger partial charge in [-0.2, -0.15) is 0 Å². The van der Waals surface area contributed by atoms with Crippen molar-refractivity contribution in [3.05, 3.63) is 71.0 Å². The van der Waals surface area contributed by atoms with Crippen LogP contribution in [0.1, 0.15) is 29.2 Å². The lowest BCUT2D eigenvalue weighted by atomic mass is 9.92. The summed E-state index contributed by atoms with van der Waals surface area (Å²) in [5.74, 6) is -1.12.